The summed E-state index contributed by atoms with van der Waals surface area (Å²) >= 11 is 3.32. The number of carboxylic acid groups (broad SMARTS) is 1. The van der Waals surface area contributed by atoms with Gasteiger partial charge in [0.15, 0.2) is 5.82 Å². The molecule has 1 amide bonds. The van der Waals surface area contributed by atoms with Crippen LogP contribution in [-0.4, -0.2) is 33.8 Å². The summed E-state index contributed by atoms with van der Waals surface area (Å²) in [5, 5.41) is 17.2. The van der Waals surface area contributed by atoms with Crippen LogP contribution in [0.2, 0.25) is 0 Å². The fourth-order valence-electron chi connectivity index (χ4n) is 1.52. The molecule has 1 aromatic carbocycles. The van der Waals surface area contributed by atoms with Crippen molar-refractivity contribution in [3.05, 3.63) is 40.5 Å². The number of hydrogen-bond donors (Lipinski definition) is 3. The Morgan fingerprint density at radius 1 is 1.38 bits per heavy atom. The summed E-state index contributed by atoms with van der Waals surface area (Å²) in [5.74, 6) is -0.626. The molecular formula is C13H12BrN3O4. The van der Waals surface area contributed by atoms with Crippen molar-refractivity contribution in [1.29, 1.82) is 0 Å². The Hall–Kier alpha value is -2.35. The lowest BCUT2D eigenvalue weighted by Crippen LogP contribution is -2.15. The number of aromatic carboxylic acids is 1. The number of amides is 1. The highest BCUT2D eigenvalue weighted by atomic mass is 79.9. The largest absolute Gasteiger partial charge is 0.493 e. The Balaban J connectivity index is 1.78. The SMILES string of the molecule is O=C(CCOc1cccc(Br)c1)Nc1cc(C(=O)O)[nH]n1. The number of halogens is 1. The Morgan fingerprint density at radius 3 is 2.86 bits per heavy atom. The number of carbonyl (C=O) groups is 2. The maximum absolute atomic E-state index is 11.6. The third-order valence-electron chi connectivity index (χ3n) is 2.47. The maximum atomic E-state index is 11.6. The van der Waals surface area contributed by atoms with Crippen LogP contribution < -0.4 is 10.1 Å². The van der Waals surface area contributed by atoms with Crippen molar-refractivity contribution in [3.8, 4) is 5.75 Å². The molecule has 0 aliphatic carbocycles. The van der Waals surface area contributed by atoms with E-state index in [9.17, 15) is 9.59 Å². The molecule has 0 atom stereocenters. The van der Waals surface area contributed by atoms with Crippen molar-refractivity contribution in [2.24, 2.45) is 0 Å². The van der Waals surface area contributed by atoms with E-state index in [0.29, 0.717) is 5.75 Å². The Morgan fingerprint density at radius 2 is 2.19 bits per heavy atom. The zero-order valence-corrected chi connectivity index (χ0v) is 12.4. The monoisotopic (exact) mass is 353 g/mol. The van der Waals surface area contributed by atoms with E-state index in [4.69, 9.17) is 9.84 Å². The molecule has 8 heteroatoms. The molecule has 110 valence electrons. The average Bonchev–Trinajstić information content (AvgIpc) is 2.87. The van der Waals surface area contributed by atoms with Crippen LogP contribution in [0.1, 0.15) is 16.9 Å². The van der Waals surface area contributed by atoms with E-state index in [1.165, 1.54) is 6.07 Å². The number of nitrogens with one attached hydrogen (secondary N) is 2. The van der Waals surface area contributed by atoms with Crippen molar-refractivity contribution < 1.29 is 19.4 Å². The number of nitrogens with zero attached hydrogens (tertiary/aromatic N) is 1. The molecule has 2 aromatic rings. The van der Waals surface area contributed by atoms with Gasteiger partial charge in [0, 0.05) is 10.5 Å². The number of benzene rings is 1. The molecule has 0 fully saturated rings. The van der Waals surface area contributed by atoms with Crippen LogP contribution in [0, 0.1) is 0 Å². The van der Waals surface area contributed by atoms with Crippen LogP contribution in [0.3, 0.4) is 0 Å². The van der Waals surface area contributed by atoms with Crippen LogP contribution in [-0.2, 0) is 4.79 Å². The summed E-state index contributed by atoms with van der Waals surface area (Å²) in [6, 6.07) is 8.53. The van der Waals surface area contributed by atoms with Gasteiger partial charge in [-0.15, -0.1) is 0 Å². The van der Waals surface area contributed by atoms with Gasteiger partial charge in [-0.05, 0) is 18.2 Å². The van der Waals surface area contributed by atoms with Gasteiger partial charge in [0.1, 0.15) is 11.4 Å². The molecule has 0 aliphatic heterocycles. The molecule has 0 bridgehead atoms. The molecule has 3 N–H and O–H groups in total. The Kier molecular flexibility index (Phi) is 4.94. The van der Waals surface area contributed by atoms with Crippen molar-refractivity contribution in [2.75, 3.05) is 11.9 Å². The first-order valence-corrected chi connectivity index (χ1v) is 6.81. The van der Waals surface area contributed by atoms with E-state index >= 15 is 0 Å². The zero-order chi connectivity index (χ0) is 15.2. The number of anilines is 1. The normalized spacial score (nSPS) is 10.1. The minimum Gasteiger partial charge on any atom is -0.493 e. The highest BCUT2D eigenvalue weighted by Gasteiger charge is 2.10. The van der Waals surface area contributed by atoms with Crippen LogP contribution in [0.4, 0.5) is 5.82 Å². The van der Waals surface area contributed by atoms with E-state index < -0.39 is 5.97 Å². The number of carbonyl (C=O) groups excluding carboxylic acids is 1. The summed E-state index contributed by atoms with van der Waals surface area (Å²) in [4.78, 5) is 22.3. The first kappa shape index (κ1) is 15.0. The van der Waals surface area contributed by atoms with Crippen molar-refractivity contribution in [3.63, 3.8) is 0 Å². The average molecular weight is 354 g/mol. The molecule has 0 unspecified atom stereocenters. The third kappa shape index (κ3) is 4.60. The Bertz CT molecular complexity index is 656. The summed E-state index contributed by atoms with van der Waals surface area (Å²) in [6.07, 6.45) is 0.127. The topological polar surface area (TPSA) is 104 Å². The third-order valence-corrected chi connectivity index (χ3v) is 2.96. The van der Waals surface area contributed by atoms with Crippen molar-refractivity contribution in [2.45, 2.75) is 6.42 Å². The molecule has 21 heavy (non-hydrogen) atoms. The number of H-pyrrole nitrogens is 1. The van der Waals surface area contributed by atoms with Gasteiger partial charge in [0.25, 0.3) is 0 Å². The van der Waals surface area contributed by atoms with Crippen LogP contribution in [0.15, 0.2) is 34.8 Å². The van der Waals surface area contributed by atoms with E-state index in [1.807, 2.05) is 12.1 Å². The second-order valence-corrected chi connectivity index (χ2v) is 4.99. The number of ether oxygens (including phenoxy) is 1. The number of hydrogen-bond acceptors (Lipinski definition) is 4. The fraction of sp³-hybridized carbons (Fsp3) is 0.154. The first-order valence-electron chi connectivity index (χ1n) is 6.01. The maximum Gasteiger partial charge on any atom is 0.353 e. The van der Waals surface area contributed by atoms with Crippen molar-refractivity contribution in [1.82, 2.24) is 10.2 Å². The number of aromatic nitrogens is 2. The molecule has 1 heterocycles. The summed E-state index contributed by atoms with van der Waals surface area (Å²) < 4.78 is 6.32. The predicted octanol–water partition coefficient (Wildman–Crippen LogP) is 2.28. The van der Waals surface area contributed by atoms with Gasteiger partial charge in [0.05, 0.1) is 13.0 Å². The molecule has 0 aliphatic rings. The lowest BCUT2D eigenvalue weighted by Gasteiger charge is -2.06. The molecule has 0 saturated heterocycles. The smallest absolute Gasteiger partial charge is 0.353 e. The molecule has 0 spiro atoms. The molecule has 0 saturated carbocycles. The number of aromatic amines is 1. The minimum absolute atomic E-state index is 0.0873. The number of rotatable bonds is 6. The van der Waals surface area contributed by atoms with Crippen molar-refractivity contribution >= 4 is 33.6 Å². The Labute approximate surface area is 128 Å². The highest BCUT2D eigenvalue weighted by molar-refractivity contribution is 9.10. The summed E-state index contributed by atoms with van der Waals surface area (Å²) in [5.41, 5.74) is -0.0873. The van der Waals surface area contributed by atoms with Crippen LogP contribution in [0.5, 0.6) is 5.75 Å². The van der Waals surface area contributed by atoms with Gasteiger partial charge in [-0.25, -0.2) is 4.79 Å². The number of carboxylic acids is 1. The fourth-order valence-corrected chi connectivity index (χ4v) is 1.90. The lowest BCUT2D eigenvalue weighted by atomic mass is 10.3. The van der Waals surface area contributed by atoms with E-state index in [2.05, 4.69) is 31.4 Å². The highest BCUT2D eigenvalue weighted by Crippen LogP contribution is 2.17. The summed E-state index contributed by atoms with van der Waals surface area (Å²) in [7, 11) is 0. The van der Waals surface area contributed by atoms with E-state index in [-0.39, 0.29) is 30.4 Å². The second-order valence-electron chi connectivity index (χ2n) is 4.08. The zero-order valence-electron chi connectivity index (χ0n) is 10.8. The predicted molar refractivity (Wildman–Crippen MR) is 78.4 cm³/mol. The molecule has 0 radical (unpaired) electrons. The van der Waals surface area contributed by atoms with Crippen LogP contribution >= 0.6 is 15.9 Å². The van der Waals surface area contributed by atoms with Gasteiger partial charge in [0.2, 0.25) is 5.91 Å². The first-order chi connectivity index (χ1) is 10.0. The quantitative estimate of drug-likeness (QED) is 0.738. The molecule has 1 aromatic heterocycles. The van der Waals surface area contributed by atoms with Gasteiger partial charge in [-0.1, -0.05) is 22.0 Å². The lowest BCUT2D eigenvalue weighted by molar-refractivity contribution is -0.116. The van der Waals surface area contributed by atoms with Gasteiger partial charge in [-0.2, -0.15) is 5.10 Å². The van der Waals surface area contributed by atoms with E-state index in [0.717, 1.165) is 4.47 Å². The second kappa shape index (κ2) is 6.89. The standard InChI is InChI=1S/C13H12BrN3O4/c14-8-2-1-3-9(6-8)21-5-4-12(18)15-11-7-10(13(19)20)16-17-11/h1-3,6-7H,4-5H2,(H,19,20)(H2,15,16,17,18). The van der Waals surface area contributed by atoms with Gasteiger partial charge < -0.3 is 15.2 Å². The summed E-state index contributed by atoms with van der Waals surface area (Å²) in [6.45, 7) is 0.207. The van der Waals surface area contributed by atoms with Crippen LogP contribution in [0.25, 0.3) is 0 Å². The van der Waals surface area contributed by atoms with Gasteiger partial charge >= 0.3 is 5.97 Å². The molecule has 2 rings (SSSR count). The minimum atomic E-state index is -1.14. The van der Waals surface area contributed by atoms with Gasteiger partial charge in [-0.3, -0.25) is 9.89 Å². The van der Waals surface area contributed by atoms with E-state index in [1.54, 1.807) is 12.1 Å². The molecular weight excluding hydrogens is 342 g/mol. The molecule has 7 nitrogen and oxygen atoms in total.